The Morgan fingerprint density at radius 2 is 1.42 bits per heavy atom. The average Bonchev–Trinajstić information content (AvgIpc) is 2.66. The van der Waals surface area contributed by atoms with Crippen molar-refractivity contribution >= 4 is 22.0 Å². The van der Waals surface area contributed by atoms with Gasteiger partial charge in [-0.25, -0.2) is 13.2 Å². The number of carbonyl (C=O) groups excluding carboxylic acids is 2. The highest BCUT2D eigenvalue weighted by Gasteiger charge is 2.39. The monoisotopic (exact) mass is 476 g/mol. The van der Waals surface area contributed by atoms with E-state index in [1.807, 2.05) is 5.32 Å². The molecule has 2 N–H and O–H groups in total. The van der Waals surface area contributed by atoms with Crippen molar-refractivity contribution in [3.05, 3.63) is 29.3 Å². The summed E-state index contributed by atoms with van der Waals surface area (Å²) in [5.74, 6) is -0.664. The number of carbonyl (C=O) groups is 2. The van der Waals surface area contributed by atoms with E-state index in [0.29, 0.717) is 0 Å². The Morgan fingerprint density at radius 3 is 1.84 bits per heavy atom. The fraction of sp³-hybridized carbons (Fsp3) is 0.500. The second-order valence-electron chi connectivity index (χ2n) is 6.55. The van der Waals surface area contributed by atoms with Crippen molar-refractivity contribution in [3.8, 4) is 0 Å². The van der Waals surface area contributed by atoms with Gasteiger partial charge in [-0.2, -0.15) is 30.6 Å². The predicted octanol–water partition coefficient (Wildman–Crippen LogP) is 1.49. The van der Waals surface area contributed by atoms with Crippen LogP contribution in [0.5, 0.6) is 0 Å². The number of alkyl halides is 6. The van der Waals surface area contributed by atoms with Crippen LogP contribution in [0.15, 0.2) is 23.1 Å². The zero-order chi connectivity index (χ0) is 23.6. The number of nitrogens with one attached hydrogen (secondary N) is 2. The molecule has 0 saturated carbocycles. The number of amides is 3. The van der Waals surface area contributed by atoms with E-state index in [0.717, 1.165) is 4.31 Å². The SMILES string of the molecule is CNC(=O)NC(=O)CN1CCN(S(=O)(=O)c2cc(C(F)(F)F)cc(C(F)(F)F)c2)CC1. The van der Waals surface area contributed by atoms with Crippen LogP contribution >= 0.6 is 0 Å². The number of rotatable bonds is 4. The first-order valence-corrected chi connectivity index (χ1v) is 10.1. The van der Waals surface area contributed by atoms with Gasteiger partial charge in [0.1, 0.15) is 0 Å². The van der Waals surface area contributed by atoms with Gasteiger partial charge in [-0.1, -0.05) is 0 Å². The van der Waals surface area contributed by atoms with E-state index in [4.69, 9.17) is 0 Å². The lowest BCUT2D eigenvalue weighted by Crippen LogP contribution is -2.52. The van der Waals surface area contributed by atoms with Crippen LogP contribution < -0.4 is 10.6 Å². The van der Waals surface area contributed by atoms with Crippen molar-refractivity contribution in [2.24, 2.45) is 0 Å². The largest absolute Gasteiger partial charge is 0.416 e. The zero-order valence-electron chi connectivity index (χ0n) is 16.0. The number of benzene rings is 1. The molecule has 0 radical (unpaired) electrons. The molecule has 1 aromatic carbocycles. The van der Waals surface area contributed by atoms with Gasteiger partial charge in [-0.05, 0) is 18.2 Å². The van der Waals surface area contributed by atoms with Crippen molar-refractivity contribution in [2.75, 3.05) is 39.8 Å². The summed E-state index contributed by atoms with van der Waals surface area (Å²) in [5, 5.41) is 4.18. The summed E-state index contributed by atoms with van der Waals surface area (Å²) >= 11 is 0. The molecule has 1 saturated heterocycles. The molecule has 0 unspecified atom stereocenters. The van der Waals surface area contributed by atoms with Crippen molar-refractivity contribution in [1.29, 1.82) is 0 Å². The number of urea groups is 1. The first kappa shape index (κ1) is 24.9. The van der Waals surface area contributed by atoms with Crippen molar-refractivity contribution in [1.82, 2.24) is 19.8 Å². The van der Waals surface area contributed by atoms with E-state index < -0.39 is 50.3 Å². The highest BCUT2D eigenvalue weighted by Crippen LogP contribution is 2.37. The first-order valence-electron chi connectivity index (χ1n) is 8.68. The summed E-state index contributed by atoms with van der Waals surface area (Å²) in [5.41, 5.74) is -3.46. The van der Waals surface area contributed by atoms with Crippen LogP contribution in [0.1, 0.15) is 11.1 Å². The van der Waals surface area contributed by atoms with E-state index in [1.165, 1.54) is 11.9 Å². The molecule has 2 rings (SSSR count). The third kappa shape index (κ3) is 6.30. The molecule has 1 aliphatic heterocycles. The van der Waals surface area contributed by atoms with Gasteiger partial charge in [0.15, 0.2) is 0 Å². The van der Waals surface area contributed by atoms with Crippen LogP contribution in [0.2, 0.25) is 0 Å². The molecule has 1 heterocycles. The normalized spacial score (nSPS) is 16.7. The number of hydrogen-bond acceptors (Lipinski definition) is 5. The van der Waals surface area contributed by atoms with E-state index in [2.05, 4.69) is 5.32 Å². The number of hydrogen-bond donors (Lipinski definition) is 2. The summed E-state index contributed by atoms with van der Waals surface area (Å²) < 4.78 is 104. The molecule has 3 amide bonds. The molecule has 31 heavy (non-hydrogen) atoms. The zero-order valence-corrected chi connectivity index (χ0v) is 16.8. The quantitative estimate of drug-likeness (QED) is 0.642. The lowest BCUT2D eigenvalue weighted by molar-refractivity contribution is -0.143. The van der Waals surface area contributed by atoms with Crippen molar-refractivity contribution in [3.63, 3.8) is 0 Å². The third-order valence-corrected chi connectivity index (χ3v) is 6.25. The van der Waals surface area contributed by atoms with E-state index in [-0.39, 0.29) is 50.9 Å². The number of sulfonamides is 1. The second-order valence-corrected chi connectivity index (χ2v) is 8.49. The Labute approximate surface area is 173 Å². The maximum atomic E-state index is 13.0. The summed E-state index contributed by atoms with van der Waals surface area (Å²) in [6.45, 7) is -0.833. The van der Waals surface area contributed by atoms with Crippen LogP contribution in [0.25, 0.3) is 0 Å². The first-order chi connectivity index (χ1) is 14.1. The predicted molar refractivity (Wildman–Crippen MR) is 94.2 cm³/mol. The van der Waals surface area contributed by atoms with Gasteiger partial charge in [0, 0.05) is 33.2 Å². The minimum Gasteiger partial charge on any atom is -0.341 e. The summed E-state index contributed by atoms with van der Waals surface area (Å²) in [6, 6.07) is -0.569. The molecule has 1 aliphatic rings. The molecule has 0 aliphatic carbocycles. The Kier molecular flexibility index (Phi) is 7.22. The van der Waals surface area contributed by atoms with Crippen LogP contribution in [-0.2, 0) is 27.2 Å². The van der Waals surface area contributed by atoms with Gasteiger partial charge in [0.2, 0.25) is 15.9 Å². The topological polar surface area (TPSA) is 98.8 Å². The van der Waals surface area contributed by atoms with Crippen LogP contribution in [0.3, 0.4) is 0 Å². The Bertz CT molecular complexity index is 908. The highest BCUT2D eigenvalue weighted by atomic mass is 32.2. The fourth-order valence-electron chi connectivity index (χ4n) is 2.78. The molecule has 174 valence electrons. The molecule has 15 heteroatoms. The van der Waals surface area contributed by atoms with E-state index in [1.54, 1.807) is 0 Å². The van der Waals surface area contributed by atoms with E-state index in [9.17, 15) is 44.3 Å². The minimum atomic E-state index is -5.18. The maximum absolute atomic E-state index is 13.0. The van der Waals surface area contributed by atoms with Crippen molar-refractivity contribution in [2.45, 2.75) is 17.2 Å². The second kappa shape index (κ2) is 9.00. The minimum absolute atomic E-state index is 0.0223. The van der Waals surface area contributed by atoms with Crippen LogP contribution in [0, 0.1) is 0 Å². The fourth-order valence-corrected chi connectivity index (χ4v) is 4.28. The standard InChI is InChI=1S/C16H18F6N4O4S/c1-23-14(28)24-13(27)9-25-2-4-26(5-3-25)31(29,30)12-7-10(15(17,18)19)6-11(8-12)16(20,21)22/h6-8H,2-5,9H2,1H3,(H2,23,24,27,28). The molecule has 1 fully saturated rings. The maximum Gasteiger partial charge on any atom is 0.416 e. The van der Waals surface area contributed by atoms with Gasteiger partial charge in [0.25, 0.3) is 0 Å². The number of halogens is 6. The molecule has 0 aromatic heterocycles. The van der Waals surface area contributed by atoms with Gasteiger partial charge in [-0.3, -0.25) is 15.0 Å². The lowest BCUT2D eigenvalue weighted by atomic mass is 10.1. The molecular formula is C16H18F6N4O4S. The molecule has 0 bridgehead atoms. The average molecular weight is 476 g/mol. The smallest absolute Gasteiger partial charge is 0.341 e. The number of nitrogens with zero attached hydrogens (tertiary/aromatic N) is 2. The van der Waals surface area contributed by atoms with Gasteiger partial charge < -0.3 is 5.32 Å². The van der Waals surface area contributed by atoms with Gasteiger partial charge in [-0.15, -0.1) is 0 Å². The lowest BCUT2D eigenvalue weighted by Gasteiger charge is -2.33. The molecule has 8 nitrogen and oxygen atoms in total. The van der Waals surface area contributed by atoms with E-state index >= 15 is 0 Å². The third-order valence-electron chi connectivity index (χ3n) is 4.38. The van der Waals surface area contributed by atoms with Gasteiger partial charge >= 0.3 is 18.4 Å². The van der Waals surface area contributed by atoms with Gasteiger partial charge in [0.05, 0.1) is 22.6 Å². The Balaban J connectivity index is 2.20. The molecule has 0 atom stereocenters. The molecule has 0 spiro atoms. The van der Waals surface area contributed by atoms with Crippen LogP contribution in [0.4, 0.5) is 31.1 Å². The Morgan fingerprint density at radius 1 is 0.935 bits per heavy atom. The summed E-state index contributed by atoms with van der Waals surface area (Å²) in [7, 11) is -3.36. The van der Waals surface area contributed by atoms with Crippen LogP contribution in [-0.4, -0.2) is 69.3 Å². The number of piperazine rings is 1. The Hall–Kier alpha value is -2.39. The summed E-state index contributed by atoms with van der Waals surface area (Å²) in [6.07, 6.45) is -10.4. The highest BCUT2D eigenvalue weighted by molar-refractivity contribution is 7.89. The van der Waals surface area contributed by atoms with Crippen molar-refractivity contribution < 1.29 is 44.3 Å². The molecule has 1 aromatic rings. The molecular weight excluding hydrogens is 458 g/mol. The summed E-state index contributed by atoms with van der Waals surface area (Å²) in [4.78, 5) is 23.1. The number of imide groups is 1.